The lowest BCUT2D eigenvalue weighted by Gasteiger charge is -2.47. The first-order chi connectivity index (χ1) is 27.5. The van der Waals surface area contributed by atoms with E-state index >= 15 is 9.59 Å². The van der Waals surface area contributed by atoms with Crippen molar-refractivity contribution in [3.8, 4) is 0 Å². The Balaban J connectivity index is 1.49. The van der Waals surface area contributed by atoms with E-state index in [1.807, 2.05) is 30.3 Å². The average molecular weight is 792 g/mol. The van der Waals surface area contributed by atoms with Crippen LogP contribution in [0.25, 0.3) is 0 Å². The third kappa shape index (κ3) is 11.0. The Morgan fingerprint density at radius 3 is 2.09 bits per heavy atom. The van der Waals surface area contributed by atoms with E-state index in [1.54, 1.807) is 11.9 Å². The molecule has 10 N–H and O–H groups in total. The van der Waals surface area contributed by atoms with E-state index in [9.17, 15) is 14.4 Å². The molecule has 0 bridgehead atoms. The molecule has 1 aromatic rings. The summed E-state index contributed by atoms with van der Waals surface area (Å²) < 4.78 is 0. The molecule has 318 valence electrons. The third-order valence-electron chi connectivity index (χ3n) is 14.0. The van der Waals surface area contributed by atoms with E-state index in [4.69, 9.17) is 22.9 Å². The van der Waals surface area contributed by atoms with E-state index < -0.39 is 59.0 Å². The Labute approximate surface area is 341 Å². The summed E-state index contributed by atoms with van der Waals surface area (Å²) >= 11 is 0. The first-order valence-corrected chi connectivity index (χ1v) is 22.4. The predicted molar refractivity (Wildman–Crippen MR) is 224 cm³/mol. The van der Waals surface area contributed by atoms with Crippen molar-refractivity contribution >= 4 is 29.2 Å². The molecule has 0 radical (unpaired) electrons. The topological polar surface area (TPSA) is 217 Å². The second-order valence-corrected chi connectivity index (χ2v) is 17.8. The standard InChI is InChI=1S/C45H73N7O5/c1-50-37(29-31-16-7-3-8-17-31)43(56)51-36(20-11-12-26-46)44(57)52-27-13-21-38(52)42(55)45(33-18-9-4-10-19-33,40(49)39(53)32-22-24-34(47)25-23-32)41(54)35(48)28-30-14-5-2-6-15-30/h3,7-8,16-17,30,32-38,40,50H,2,4-6,9-15,18-29,46-49H2,1H3,(H,51,56)/t32-,34-,35-,36+,37+,38+,40-,45?/m1/s1. The van der Waals surface area contributed by atoms with Gasteiger partial charge in [0.25, 0.3) is 0 Å². The number of carbonyl (C=O) groups is 5. The quantitative estimate of drug-likeness (QED) is 0.0829. The highest BCUT2D eigenvalue weighted by molar-refractivity contribution is 6.16. The van der Waals surface area contributed by atoms with Gasteiger partial charge in [-0.3, -0.25) is 24.0 Å². The molecule has 12 nitrogen and oxygen atoms in total. The molecular formula is C45H73N7O5. The van der Waals surface area contributed by atoms with Gasteiger partial charge in [0.1, 0.15) is 11.5 Å². The van der Waals surface area contributed by atoms with Crippen LogP contribution in [0, 0.1) is 23.2 Å². The fraction of sp³-hybridized carbons (Fsp3) is 0.756. The van der Waals surface area contributed by atoms with Crippen molar-refractivity contribution in [3.63, 3.8) is 0 Å². The van der Waals surface area contributed by atoms with Crippen LogP contribution in [-0.4, -0.2) is 90.5 Å². The average Bonchev–Trinajstić information content (AvgIpc) is 3.73. The van der Waals surface area contributed by atoms with E-state index in [0.29, 0.717) is 96.6 Å². The van der Waals surface area contributed by atoms with Crippen molar-refractivity contribution in [2.24, 2.45) is 46.1 Å². The van der Waals surface area contributed by atoms with Crippen molar-refractivity contribution in [3.05, 3.63) is 35.9 Å². The molecule has 1 aromatic carbocycles. The van der Waals surface area contributed by atoms with E-state index in [0.717, 1.165) is 56.9 Å². The fourth-order valence-corrected chi connectivity index (χ4v) is 10.7. The van der Waals surface area contributed by atoms with Crippen LogP contribution in [0.4, 0.5) is 0 Å². The largest absolute Gasteiger partial charge is 0.343 e. The zero-order valence-electron chi connectivity index (χ0n) is 34.6. The molecular weight excluding hydrogens is 719 g/mol. The number of likely N-dealkylation sites (N-methyl/N-ethyl adjacent to an activating group) is 1. The summed E-state index contributed by atoms with van der Waals surface area (Å²) in [6.45, 7) is 0.740. The van der Waals surface area contributed by atoms with Gasteiger partial charge in [-0.15, -0.1) is 0 Å². The molecule has 12 heteroatoms. The highest BCUT2D eigenvalue weighted by atomic mass is 16.2. The summed E-state index contributed by atoms with van der Waals surface area (Å²) in [4.78, 5) is 76.2. The van der Waals surface area contributed by atoms with Crippen molar-refractivity contribution in [2.45, 2.75) is 171 Å². The maximum Gasteiger partial charge on any atom is 0.245 e. The molecule has 4 aliphatic rings. The second-order valence-electron chi connectivity index (χ2n) is 17.8. The number of unbranched alkanes of at least 4 members (excludes halogenated alkanes) is 1. The highest BCUT2D eigenvalue weighted by Crippen LogP contribution is 2.47. The number of benzene rings is 1. The fourth-order valence-electron chi connectivity index (χ4n) is 10.7. The van der Waals surface area contributed by atoms with Crippen LogP contribution in [0.5, 0.6) is 0 Å². The molecule has 4 fully saturated rings. The van der Waals surface area contributed by atoms with Gasteiger partial charge >= 0.3 is 0 Å². The van der Waals surface area contributed by atoms with Crippen LogP contribution >= 0.6 is 0 Å². The number of hydrogen-bond acceptors (Lipinski definition) is 10. The normalized spacial score (nSPS) is 25.5. The van der Waals surface area contributed by atoms with Crippen LogP contribution in [0.15, 0.2) is 30.3 Å². The molecule has 57 heavy (non-hydrogen) atoms. The minimum atomic E-state index is -1.86. The van der Waals surface area contributed by atoms with Crippen molar-refractivity contribution in [1.29, 1.82) is 0 Å². The Kier molecular flexibility index (Phi) is 17.3. The lowest BCUT2D eigenvalue weighted by Crippen LogP contribution is -2.68. The SMILES string of the molecule is CN[C@@H](Cc1ccccc1)C(=O)N[C@@H](CCCCN)C(=O)N1CCC[C@H]1C(=O)C(C(=O)[C@H](N)CC1CCCCC1)(C1CCCCC1)[C@H](N)C(=O)[C@H]1CC[C@H](N)CC1. The summed E-state index contributed by atoms with van der Waals surface area (Å²) in [6, 6.07) is 4.92. The van der Waals surface area contributed by atoms with E-state index in [2.05, 4.69) is 10.6 Å². The maximum absolute atomic E-state index is 15.8. The number of Topliss-reactive ketones (excluding diaryl/α,β-unsaturated/α-hetero) is 3. The van der Waals surface area contributed by atoms with Crippen molar-refractivity contribution < 1.29 is 24.0 Å². The minimum Gasteiger partial charge on any atom is -0.343 e. The lowest BCUT2D eigenvalue weighted by molar-refractivity contribution is -0.158. The number of rotatable bonds is 20. The molecule has 5 rings (SSSR count). The van der Waals surface area contributed by atoms with Crippen LogP contribution in [0.1, 0.15) is 134 Å². The third-order valence-corrected chi connectivity index (χ3v) is 14.0. The zero-order valence-corrected chi connectivity index (χ0v) is 34.6. The van der Waals surface area contributed by atoms with Crippen molar-refractivity contribution in [2.75, 3.05) is 20.1 Å². The predicted octanol–water partition coefficient (Wildman–Crippen LogP) is 3.84. The lowest BCUT2D eigenvalue weighted by atomic mass is 9.55. The number of nitrogens with one attached hydrogen (secondary N) is 2. The Bertz CT molecular complexity index is 1470. The summed E-state index contributed by atoms with van der Waals surface area (Å²) in [5.74, 6) is -2.34. The number of carbonyl (C=O) groups excluding carboxylic acids is 5. The van der Waals surface area contributed by atoms with Crippen LogP contribution in [0.3, 0.4) is 0 Å². The summed E-state index contributed by atoms with van der Waals surface area (Å²) in [5, 5.41) is 6.14. The number of amides is 2. The molecule has 1 aliphatic heterocycles. The number of hydrogen-bond donors (Lipinski definition) is 6. The molecule has 2 amide bonds. The number of likely N-dealkylation sites (tertiary alicyclic amines) is 1. The van der Waals surface area contributed by atoms with Gasteiger partial charge in [0.15, 0.2) is 17.3 Å². The molecule has 1 saturated heterocycles. The summed E-state index contributed by atoms with van der Waals surface area (Å²) in [5.41, 5.74) is 25.4. The van der Waals surface area contributed by atoms with Crippen LogP contribution < -0.4 is 33.6 Å². The van der Waals surface area contributed by atoms with Crippen LogP contribution in [0.2, 0.25) is 0 Å². The summed E-state index contributed by atoms with van der Waals surface area (Å²) in [7, 11) is 1.72. The Morgan fingerprint density at radius 1 is 0.807 bits per heavy atom. The molecule has 0 aromatic heterocycles. The van der Waals surface area contributed by atoms with Gasteiger partial charge in [-0.05, 0) is 114 Å². The molecule has 6 atom stereocenters. The highest BCUT2D eigenvalue weighted by Gasteiger charge is 2.62. The molecule has 1 heterocycles. The molecule has 3 aliphatic carbocycles. The molecule has 0 spiro atoms. The van der Waals surface area contributed by atoms with Gasteiger partial charge < -0.3 is 38.5 Å². The second kappa shape index (κ2) is 21.8. The Morgan fingerprint density at radius 2 is 1.46 bits per heavy atom. The maximum atomic E-state index is 15.8. The van der Waals surface area contributed by atoms with Crippen molar-refractivity contribution in [1.82, 2.24) is 15.5 Å². The molecule has 3 saturated carbocycles. The number of nitrogens with two attached hydrogens (primary N) is 4. The zero-order chi connectivity index (χ0) is 41.0. The van der Waals surface area contributed by atoms with Gasteiger partial charge in [0.05, 0.1) is 24.2 Å². The van der Waals surface area contributed by atoms with Gasteiger partial charge in [0, 0.05) is 18.5 Å². The summed E-state index contributed by atoms with van der Waals surface area (Å²) in [6.07, 6.45) is 15.0. The minimum absolute atomic E-state index is 0.0126. The first-order valence-electron chi connectivity index (χ1n) is 22.4. The van der Waals surface area contributed by atoms with Gasteiger partial charge in [-0.25, -0.2) is 0 Å². The molecule has 1 unspecified atom stereocenters. The number of nitrogens with zero attached hydrogens (tertiary/aromatic N) is 1. The smallest absolute Gasteiger partial charge is 0.245 e. The van der Waals surface area contributed by atoms with Gasteiger partial charge in [-0.2, -0.15) is 0 Å². The van der Waals surface area contributed by atoms with Crippen LogP contribution in [-0.2, 0) is 30.4 Å². The Hall–Kier alpha value is -3.03. The van der Waals surface area contributed by atoms with E-state index in [-0.39, 0.29) is 29.6 Å². The van der Waals surface area contributed by atoms with E-state index in [1.165, 1.54) is 0 Å². The van der Waals surface area contributed by atoms with Gasteiger partial charge in [-0.1, -0.05) is 81.7 Å². The monoisotopic (exact) mass is 792 g/mol. The number of ketones is 3. The first kappa shape index (κ1) is 45.1. The van der Waals surface area contributed by atoms with Gasteiger partial charge in [0.2, 0.25) is 11.8 Å².